The number of aryl methyl sites for hydroxylation is 1. The maximum atomic E-state index is 14.2. The van der Waals surface area contributed by atoms with E-state index in [1.165, 1.54) is 24.2 Å². The van der Waals surface area contributed by atoms with Crippen molar-refractivity contribution in [3.05, 3.63) is 70.3 Å². The second-order valence-electron chi connectivity index (χ2n) is 8.56. The molecule has 3 heterocycles. The third-order valence-electron chi connectivity index (χ3n) is 6.23. The monoisotopic (exact) mass is 493 g/mol. The molecule has 1 saturated carbocycles. The lowest BCUT2D eigenvalue weighted by Crippen LogP contribution is -2.36. The van der Waals surface area contributed by atoms with Crippen molar-refractivity contribution in [2.24, 2.45) is 13.0 Å². The van der Waals surface area contributed by atoms with E-state index in [-0.39, 0.29) is 5.69 Å². The average molecular weight is 494 g/mol. The zero-order valence-corrected chi connectivity index (χ0v) is 19.8. The minimum Gasteiger partial charge on any atom is -0.618 e. The molecule has 0 N–H and O–H groups in total. The quantitative estimate of drug-likeness (QED) is 0.284. The maximum Gasteiger partial charge on any atom is 0.260 e. The van der Waals surface area contributed by atoms with Gasteiger partial charge in [0.25, 0.3) is 5.95 Å². The van der Waals surface area contributed by atoms with Gasteiger partial charge in [-0.25, -0.2) is 4.68 Å². The van der Waals surface area contributed by atoms with Crippen molar-refractivity contribution in [3.63, 3.8) is 0 Å². The fourth-order valence-electron chi connectivity index (χ4n) is 4.28. The largest absolute Gasteiger partial charge is 0.618 e. The number of nitrogens with zero attached hydrogens (tertiary/aromatic N) is 7. The normalized spacial score (nSPS) is 14.0. The third kappa shape index (κ3) is 4.31. The van der Waals surface area contributed by atoms with Crippen LogP contribution in [0, 0.1) is 28.4 Å². The van der Waals surface area contributed by atoms with Gasteiger partial charge >= 0.3 is 0 Å². The highest BCUT2D eigenvalue weighted by Crippen LogP contribution is 2.41. The molecular formula is C24H21ClFN7O2. The molecule has 0 spiro atoms. The number of ether oxygens (including phenoxy) is 1. The lowest BCUT2D eigenvalue weighted by atomic mass is 9.99. The van der Waals surface area contributed by atoms with Gasteiger partial charge in [0.1, 0.15) is 17.5 Å². The third-order valence-corrected chi connectivity index (χ3v) is 6.47. The van der Waals surface area contributed by atoms with Crippen molar-refractivity contribution in [1.82, 2.24) is 24.8 Å². The van der Waals surface area contributed by atoms with Gasteiger partial charge in [0.05, 0.1) is 36.6 Å². The molecule has 9 nitrogen and oxygen atoms in total. The van der Waals surface area contributed by atoms with Crippen LogP contribution in [-0.4, -0.2) is 31.9 Å². The molecule has 178 valence electrons. The Morgan fingerprint density at radius 3 is 2.80 bits per heavy atom. The van der Waals surface area contributed by atoms with Crippen LogP contribution in [0.2, 0.25) is 5.02 Å². The molecule has 4 aromatic rings. The van der Waals surface area contributed by atoms with Gasteiger partial charge in [-0.05, 0) is 30.5 Å². The maximum absolute atomic E-state index is 14.2. The van der Waals surface area contributed by atoms with Crippen LogP contribution in [0.1, 0.15) is 36.6 Å². The Balaban J connectivity index is 1.60. The average Bonchev–Trinajstić information content (AvgIpc) is 3.44. The lowest BCUT2D eigenvalue weighted by molar-refractivity contribution is -0.615. The number of halogens is 2. The van der Waals surface area contributed by atoms with Gasteiger partial charge in [-0.15, -0.1) is 0 Å². The van der Waals surface area contributed by atoms with Gasteiger partial charge in [0, 0.05) is 29.4 Å². The minimum absolute atomic E-state index is 0.217. The summed E-state index contributed by atoms with van der Waals surface area (Å²) >= 11 is 6.17. The molecule has 3 aromatic heterocycles. The first-order valence-electron chi connectivity index (χ1n) is 11.0. The van der Waals surface area contributed by atoms with Crippen molar-refractivity contribution in [1.29, 1.82) is 5.26 Å². The number of hydrogen-bond donors (Lipinski definition) is 0. The van der Waals surface area contributed by atoms with E-state index in [2.05, 4.69) is 21.5 Å². The van der Waals surface area contributed by atoms with Gasteiger partial charge < -0.3 is 9.94 Å². The Hall–Kier alpha value is -3.97. The number of benzene rings is 1. The highest BCUT2D eigenvalue weighted by atomic mass is 35.5. The molecule has 0 amide bonds. The number of rotatable bonds is 7. The highest BCUT2D eigenvalue weighted by Gasteiger charge is 2.33. The van der Waals surface area contributed by atoms with Crippen LogP contribution in [0.15, 0.2) is 42.9 Å². The van der Waals surface area contributed by atoms with Crippen LogP contribution in [-0.2, 0) is 7.05 Å². The zero-order chi connectivity index (χ0) is 24.7. The standard InChI is InChI=1S/C24H21ClFN7O2/c1-31-23(24(26)29-30-31)16-11-28-32(12-16)20(7-14-3-4-14)21-9-22(35-2)19(13-33(21)34)18-8-17(25)6-5-15(18)10-27/h5-6,8-9,11-14,20H,3-4,7H2,1-2H3/t20-/m0/s1. The number of aromatic nitrogens is 6. The summed E-state index contributed by atoms with van der Waals surface area (Å²) in [5.41, 5.74) is 2.49. The molecule has 0 saturated heterocycles. The smallest absolute Gasteiger partial charge is 0.260 e. The predicted octanol–water partition coefficient (Wildman–Crippen LogP) is 4.04. The Morgan fingerprint density at radius 2 is 2.14 bits per heavy atom. The van der Waals surface area contributed by atoms with E-state index in [4.69, 9.17) is 16.3 Å². The van der Waals surface area contributed by atoms with Crippen molar-refractivity contribution < 1.29 is 13.9 Å². The summed E-state index contributed by atoms with van der Waals surface area (Å²) in [6.45, 7) is 0. The molecule has 11 heteroatoms. The first kappa shape index (κ1) is 22.8. The van der Waals surface area contributed by atoms with Crippen molar-refractivity contribution in [3.8, 4) is 34.2 Å². The first-order chi connectivity index (χ1) is 16.9. The van der Waals surface area contributed by atoms with E-state index < -0.39 is 12.0 Å². The van der Waals surface area contributed by atoms with Crippen LogP contribution in [0.25, 0.3) is 22.4 Å². The summed E-state index contributed by atoms with van der Waals surface area (Å²) in [7, 11) is 3.11. The number of hydrogen-bond acceptors (Lipinski definition) is 6. The van der Waals surface area contributed by atoms with E-state index in [0.717, 1.165) is 17.6 Å². The predicted molar refractivity (Wildman–Crippen MR) is 125 cm³/mol. The molecule has 1 aliphatic rings. The summed E-state index contributed by atoms with van der Waals surface area (Å²) in [6, 6.07) is 8.26. The lowest BCUT2D eigenvalue weighted by Gasteiger charge is -2.19. The molecule has 1 fully saturated rings. The van der Waals surface area contributed by atoms with Crippen LogP contribution in [0.5, 0.6) is 5.75 Å². The van der Waals surface area contributed by atoms with Gasteiger partial charge in [-0.3, -0.25) is 4.68 Å². The number of methoxy groups -OCH3 is 1. The molecule has 0 aliphatic heterocycles. The molecule has 35 heavy (non-hydrogen) atoms. The molecule has 1 aliphatic carbocycles. The van der Waals surface area contributed by atoms with Gasteiger partial charge in [-0.1, -0.05) is 34.8 Å². The second kappa shape index (κ2) is 9.00. The van der Waals surface area contributed by atoms with Crippen molar-refractivity contribution >= 4 is 11.6 Å². The van der Waals surface area contributed by atoms with Gasteiger partial charge in [0.15, 0.2) is 6.20 Å². The summed E-state index contributed by atoms with van der Waals surface area (Å²) in [5.74, 6) is 0.206. The fraction of sp³-hybridized carbons (Fsp3) is 0.292. The molecule has 0 unspecified atom stereocenters. The van der Waals surface area contributed by atoms with E-state index >= 15 is 0 Å². The van der Waals surface area contributed by atoms with E-state index in [1.807, 2.05) is 0 Å². The van der Waals surface area contributed by atoms with E-state index in [1.54, 1.807) is 42.2 Å². The molecule has 1 atom stereocenters. The van der Waals surface area contributed by atoms with E-state index in [9.17, 15) is 14.9 Å². The zero-order valence-electron chi connectivity index (χ0n) is 19.0. The highest BCUT2D eigenvalue weighted by molar-refractivity contribution is 6.31. The van der Waals surface area contributed by atoms with Crippen LogP contribution in [0.4, 0.5) is 4.39 Å². The topological polar surface area (TPSA) is 108 Å². The Kier molecular flexibility index (Phi) is 5.86. The van der Waals surface area contributed by atoms with Gasteiger partial charge in [-0.2, -0.15) is 19.5 Å². The molecule has 0 bridgehead atoms. The summed E-state index contributed by atoms with van der Waals surface area (Å²) in [6.07, 6.45) is 7.47. The molecule has 1 aromatic carbocycles. The number of pyridine rings is 1. The van der Waals surface area contributed by atoms with Crippen molar-refractivity contribution in [2.45, 2.75) is 25.3 Å². The molecular weight excluding hydrogens is 473 g/mol. The first-order valence-corrected chi connectivity index (χ1v) is 11.4. The van der Waals surface area contributed by atoms with E-state index in [0.29, 0.717) is 51.1 Å². The number of nitriles is 1. The van der Waals surface area contributed by atoms with Crippen LogP contribution < -0.4 is 9.47 Å². The Morgan fingerprint density at radius 1 is 1.34 bits per heavy atom. The summed E-state index contributed by atoms with van der Waals surface area (Å²) in [4.78, 5) is 0. The van der Waals surface area contributed by atoms with Gasteiger partial charge in [0.2, 0.25) is 5.69 Å². The van der Waals surface area contributed by atoms with Crippen molar-refractivity contribution in [2.75, 3.05) is 7.11 Å². The van der Waals surface area contributed by atoms with Crippen LogP contribution in [0.3, 0.4) is 0 Å². The summed E-state index contributed by atoms with van der Waals surface area (Å²) in [5, 5.41) is 35.0. The fourth-order valence-corrected chi connectivity index (χ4v) is 4.46. The Bertz CT molecular complexity index is 1440. The molecule has 0 radical (unpaired) electrons. The second-order valence-corrected chi connectivity index (χ2v) is 9.00. The minimum atomic E-state index is -0.689. The summed E-state index contributed by atoms with van der Waals surface area (Å²) < 4.78 is 23.6. The SMILES string of the molecule is COc1cc([C@H](CC2CC2)n2cc(-c3c(F)nnn3C)cn2)[n+]([O-])cc1-c1cc(Cl)ccc1C#N. The van der Waals surface area contributed by atoms with Crippen LogP contribution >= 0.6 is 11.6 Å². The molecule has 5 rings (SSSR count). The Labute approximate surface area is 205 Å².